The van der Waals surface area contributed by atoms with Gasteiger partial charge in [0.25, 0.3) is 10.0 Å². The van der Waals surface area contributed by atoms with Crippen molar-refractivity contribution in [3.63, 3.8) is 0 Å². The number of aryl methyl sites for hydroxylation is 2. The van der Waals surface area contributed by atoms with Gasteiger partial charge in [-0.3, -0.25) is 13.9 Å². The number of nitrogen functional groups attached to an aromatic ring is 1. The molecule has 1 aliphatic heterocycles. The van der Waals surface area contributed by atoms with Crippen LogP contribution in [-0.4, -0.2) is 31.3 Å². The SMILES string of the molecule is Cc1cc(S(=O)(=O)N2c3ccccc3NC(=O)C2CC(=O)NCc2ccnc(N)c2)c(C)cc1Cl. The second kappa shape index (κ2) is 9.55. The van der Waals surface area contributed by atoms with Crippen molar-refractivity contribution in [2.24, 2.45) is 0 Å². The minimum atomic E-state index is -4.24. The summed E-state index contributed by atoms with van der Waals surface area (Å²) in [6.07, 6.45) is 1.14. The molecule has 0 saturated heterocycles. The Morgan fingerprint density at radius 2 is 1.91 bits per heavy atom. The number of hydrogen-bond donors (Lipinski definition) is 3. The van der Waals surface area contributed by atoms with E-state index in [-0.39, 0.29) is 23.5 Å². The highest BCUT2D eigenvalue weighted by molar-refractivity contribution is 7.93. The average molecular weight is 514 g/mol. The van der Waals surface area contributed by atoms with Crippen molar-refractivity contribution in [3.05, 3.63) is 76.4 Å². The van der Waals surface area contributed by atoms with Crippen LogP contribution >= 0.6 is 11.6 Å². The first-order chi connectivity index (χ1) is 16.6. The topological polar surface area (TPSA) is 134 Å². The first-order valence-electron chi connectivity index (χ1n) is 10.8. The maximum Gasteiger partial charge on any atom is 0.265 e. The lowest BCUT2D eigenvalue weighted by Crippen LogP contribution is -2.52. The molecule has 1 atom stereocenters. The molecule has 0 bridgehead atoms. The van der Waals surface area contributed by atoms with Gasteiger partial charge in [-0.05, 0) is 66.9 Å². The molecule has 182 valence electrons. The number of benzene rings is 2. The molecular weight excluding hydrogens is 490 g/mol. The summed E-state index contributed by atoms with van der Waals surface area (Å²) < 4.78 is 28.9. The molecule has 1 aromatic heterocycles. The molecule has 2 amide bonds. The molecule has 0 saturated carbocycles. The summed E-state index contributed by atoms with van der Waals surface area (Å²) in [6.45, 7) is 3.49. The van der Waals surface area contributed by atoms with E-state index in [4.69, 9.17) is 17.3 Å². The van der Waals surface area contributed by atoms with Gasteiger partial charge in [-0.15, -0.1) is 0 Å². The highest BCUT2D eigenvalue weighted by atomic mass is 35.5. The van der Waals surface area contributed by atoms with Gasteiger partial charge in [0, 0.05) is 17.8 Å². The zero-order valence-corrected chi connectivity index (χ0v) is 20.7. The Morgan fingerprint density at radius 1 is 1.17 bits per heavy atom. The number of para-hydroxylation sites is 2. The zero-order chi connectivity index (χ0) is 25.3. The lowest BCUT2D eigenvalue weighted by atomic mass is 10.1. The van der Waals surface area contributed by atoms with Gasteiger partial charge in [-0.25, -0.2) is 13.4 Å². The van der Waals surface area contributed by atoms with Gasteiger partial charge in [0.1, 0.15) is 11.9 Å². The number of nitrogens with one attached hydrogen (secondary N) is 2. The third-order valence-corrected chi connectivity index (χ3v) is 8.06. The summed E-state index contributed by atoms with van der Waals surface area (Å²) in [4.78, 5) is 29.8. The van der Waals surface area contributed by atoms with Gasteiger partial charge in [-0.2, -0.15) is 0 Å². The van der Waals surface area contributed by atoms with E-state index in [0.29, 0.717) is 27.7 Å². The number of anilines is 3. The number of hydrogen-bond acceptors (Lipinski definition) is 6. The van der Waals surface area contributed by atoms with Crippen molar-refractivity contribution in [2.45, 2.75) is 37.8 Å². The standard InChI is InChI=1S/C24H24ClN5O4S/c1-14-10-21(15(2)9-17(14)25)35(33,34)30-19-6-4-3-5-18(19)29-24(32)20(30)12-23(31)28-13-16-7-8-27-22(26)11-16/h3-11,20H,12-13H2,1-2H3,(H2,26,27)(H,28,31)(H,29,32). The number of rotatable bonds is 6. The number of carbonyl (C=O) groups excluding carboxylic acids is 2. The molecule has 9 nitrogen and oxygen atoms in total. The summed E-state index contributed by atoms with van der Waals surface area (Å²) in [5.74, 6) is -0.783. The Hall–Kier alpha value is -3.63. The second-order valence-corrected chi connectivity index (χ2v) is 10.5. The first-order valence-corrected chi connectivity index (χ1v) is 12.6. The Bertz CT molecular complexity index is 1430. The maximum absolute atomic E-state index is 13.9. The van der Waals surface area contributed by atoms with Crippen molar-refractivity contribution in [3.8, 4) is 0 Å². The second-order valence-electron chi connectivity index (χ2n) is 8.26. The molecule has 11 heteroatoms. The molecule has 1 unspecified atom stereocenters. The lowest BCUT2D eigenvalue weighted by Gasteiger charge is -2.37. The van der Waals surface area contributed by atoms with E-state index in [9.17, 15) is 18.0 Å². The van der Waals surface area contributed by atoms with E-state index < -0.39 is 27.9 Å². The summed E-state index contributed by atoms with van der Waals surface area (Å²) >= 11 is 6.18. The molecule has 0 spiro atoms. The molecule has 4 N–H and O–H groups in total. The molecule has 4 rings (SSSR count). The number of nitrogens with two attached hydrogens (primary N) is 1. The van der Waals surface area contributed by atoms with Crippen molar-refractivity contribution >= 4 is 50.6 Å². The number of fused-ring (bicyclic) bond motifs is 1. The summed E-state index contributed by atoms with van der Waals surface area (Å²) in [7, 11) is -4.24. The number of halogens is 1. The molecule has 2 heterocycles. The minimum absolute atomic E-state index is 0.0153. The summed E-state index contributed by atoms with van der Waals surface area (Å²) in [5.41, 5.74) is 8.03. The molecule has 0 fully saturated rings. The van der Waals surface area contributed by atoms with Crippen molar-refractivity contribution in [2.75, 3.05) is 15.4 Å². The highest BCUT2D eigenvalue weighted by Crippen LogP contribution is 2.38. The smallest absolute Gasteiger partial charge is 0.265 e. The van der Waals surface area contributed by atoms with Gasteiger partial charge < -0.3 is 16.4 Å². The number of aromatic nitrogens is 1. The van der Waals surface area contributed by atoms with Crippen LogP contribution in [0.3, 0.4) is 0 Å². The molecule has 3 aromatic rings. The largest absolute Gasteiger partial charge is 0.384 e. The third-order valence-electron chi connectivity index (χ3n) is 5.69. The quantitative estimate of drug-likeness (QED) is 0.463. The Labute approximate surface area is 208 Å². The molecule has 0 aliphatic carbocycles. The van der Waals surface area contributed by atoms with Crippen LogP contribution in [0.15, 0.2) is 59.6 Å². The van der Waals surface area contributed by atoms with Gasteiger partial charge in [-0.1, -0.05) is 23.7 Å². The molecule has 35 heavy (non-hydrogen) atoms. The molecule has 1 aliphatic rings. The van der Waals surface area contributed by atoms with Crippen LogP contribution in [0.25, 0.3) is 0 Å². The number of nitrogens with zero attached hydrogens (tertiary/aromatic N) is 2. The number of amides is 2. The van der Waals surface area contributed by atoms with E-state index >= 15 is 0 Å². The molecular formula is C24H24ClN5O4S. The third kappa shape index (κ3) is 4.94. The van der Waals surface area contributed by atoms with Crippen LogP contribution < -0.4 is 20.7 Å². The normalized spacial score (nSPS) is 15.3. The fraction of sp³-hybridized carbons (Fsp3) is 0.208. The van der Waals surface area contributed by atoms with E-state index in [0.717, 1.165) is 9.87 Å². The van der Waals surface area contributed by atoms with Crippen molar-refractivity contribution in [1.82, 2.24) is 10.3 Å². The van der Waals surface area contributed by atoms with E-state index in [1.54, 1.807) is 56.3 Å². The highest BCUT2D eigenvalue weighted by Gasteiger charge is 2.42. The molecule has 0 radical (unpaired) electrons. The van der Waals surface area contributed by atoms with Crippen molar-refractivity contribution < 1.29 is 18.0 Å². The van der Waals surface area contributed by atoms with Crippen LogP contribution in [0, 0.1) is 13.8 Å². The Morgan fingerprint density at radius 3 is 2.66 bits per heavy atom. The van der Waals surface area contributed by atoms with E-state index in [2.05, 4.69) is 15.6 Å². The lowest BCUT2D eigenvalue weighted by molar-refractivity contribution is -0.125. The van der Waals surface area contributed by atoms with Gasteiger partial charge >= 0.3 is 0 Å². The van der Waals surface area contributed by atoms with Crippen molar-refractivity contribution in [1.29, 1.82) is 0 Å². The predicted molar refractivity (Wildman–Crippen MR) is 135 cm³/mol. The Balaban J connectivity index is 1.69. The van der Waals surface area contributed by atoms with Crippen LogP contribution in [0.4, 0.5) is 17.2 Å². The van der Waals surface area contributed by atoms with Crippen LogP contribution in [-0.2, 0) is 26.2 Å². The zero-order valence-electron chi connectivity index (χ0n) is 19.1. The number of sulfonamides is 1. The predicted octanol–water partition coefficient (Wildman–Crippen LogP) is 3.16. The maximum atomic E-state index is 13.9. The van der Waals surface area contributed by atoms with Crippen LogP contribution in [0.2, 0.25) is 5.02 Å². The van der Waals surface area contributed by atoms with Crippen LogP contribution in [0.1, 0.15) is 23.1 Å². The molecule has 2 aromatic carbocycles. The van der Waals surface area contributed by atoms with Gasteiger partial charge in [0.05, 0.1) is 22.7 Å². The summed E-state index contributed by atoms with van der Waals surface area (Å²) in [5, 5.41) is 5.87. The minimum Gasteiger partial charge on any atom is -0.384 e. The Kier molecular flexibility index (Phi) is 6.68. The average Bonchev–Trinajstić information content (AvgIpc) is 2.80. The first kappa shape index (κ1) is 24.5. The van der Waals surface area contributed by atoms with Gasteiger partial charge in [0.2, 0.25) is 11.8 Å². The summed E-state index contributed by atoms with van der Waals surface area (Å²) in [6, 6.07) is 11.6. The number of pyridine rings is 1. The monoisotopic (exact) mass is 513 g/mol. The van der Waals surface area contributed by atoms with Gasteiger partial charge in [0.15, 0.2) is 0 Å². The number of carbonyl (C=O) groups is 2. The van der Waals surface area contributed by atoms with E-state index in [1.165, 1.54) is 12.3 Å². The fourth-order valence-corrected chi connectivity index (χ4v) is 6.07. The van der Waals surface area contributed by atoms with Crippen LogP contribution in [0.5, 0.6) is 0 Å². The van der Waals surface area contributed by atoms with E-state index in [1.807, 2.05) is 0 Å². The fourth-order valence-electron chi connectivity index (χ4n) is 3.93.